The molecule has 0 spiro atoms. The molecule has 3 heterocycles. The smallest absolute Gasteiger partial charge is 0.251 e. The number of sulfone groups is 1. The second-order valence-corrected chi connectivity index (χ2v) is 11.0. The first-order valence-electron chi connectivity index (χ1n) is 10.4. The van der Waals surface area contributed by atoms with Crippen molar-refractivity contribution in [2.24, 2.45) is 0 Å². The molecule has 2 aromatic carbocycles. The fraction of sp³-hybridized carbons (Fsp3) is 0.364. The van der Waals surface area contributed by atoms with Crippen molar-refractivity contribution in [2.75, 3.05) is 31.8 Å². The van der Waals surface area contributed by atoms with E-state index in [0.29, 0.717) is 29.8 Å². The zero-order valence-corrected chi connectivity index (χ0v) is 19.1. The Labute approximate surface area is 193 Å². The molecule has 5 rings (SSSR count). The van der Waals surface area contributed by atoms with Gasteiger partial charge in [0.05, 0.1) is 60.0 Å². The van der Waals surface area contributed by atoms with Gasteiger partial charge in [0.15, 0.2) is 27.2 Å². The second kappa shape index (κ2) is 7.57. The predicted octanol–water partition coefficient (Wildman–Crippen LogP) is 1.53. The Hall–Kier alpha value is -3.38. The minimum atomic E-state index is -3.09. The summed E-state index contributed by atoms with van der Waals surface area (Å²) in [5, 5.41) is 22.8. The van der Waals surface area contributed by atoms with Crippen LogP contribution in [0.5, 0.6) is 17.2 Å². The van der Waals surface area contributed by atoms with Gasteiger partial charge < -0.3 is 29.6 Å². The Morgan fingerprint density at radius 3 is 2.56 bits per heavy atom. The van der Waals surface area contributed by atoms with Crippen molar-refractivity contribution in [3.05, 3.63) is 35.6 Å². The average molecular weight is 491 g/mol. The van der Waals surface area contributed by atoms with Crippen molar-refractivity contribution >= 4 is 26.8 Å². The Morgan fingerprint density at radius 1 is 1.26 bits per heavy atom. The van der Waals surface area contributed by atoms with Crippen molar-refractivity contribution in [3.63, 3.8) is 0 Å². The molecular formula is C22H22FN3O7S. The maximum Gasteiger partial charge on any atom is 0.251 e. The summed E-state index contributed by atoms with van der Waals surface area (Å²) < 4.78 is 50.1. The summed E-state index contributed by atoms with van der Waals surface area (Å²) in [4.78, 5) is 17.3. The van der Waals surface area contributed by atoms with Crippen molar-refractivity contribution in [3.8, 4) is 28.6 Å². The molecule has 12 heteroatoms. The van der Waals surface area contributed by atoms with Gasteiger partial charge in [-0.05, 0) is 31.2 Å². The quantitative estimate of drug-likeness (QED) is 0.457. The van der Waals surface area contributed by atoms with Crippen molar-refractivity contribution in [1.82, 2.24) is 14.9 Å². The highest BCUT2D eigenvalue weighted by atomic mass is 32.2. The maximum absolute atomic E-state index is 15.1. The summed E-state index contributed by atoms with van der Waals surface area (Å²) in [6.45, 7) is 2.51. The third kappa shape index (κ3) is 3.44. The number of halogens is 1. The highest BCUT2D eigenvalue weighted by molar-refractivity contribution is 7.92. The molecule has 180 valence electrons. The van der Waals surface area contributed by atoms with E-state index in [4.69, 9.17) is 9.47 Å². The molecule has 1 amide bonds. The normalized spacial score (nSPS) is 18.8. The summed E-state index contributed by atoms with van der Waals surface area (Å²) in [6, 6.07) is 5.58. The lowest BCUT2D eigenvalue weighted by Gasteiger charge is -2.40. The van der Waals surface area contributed by atoms with Crippen LogP contribution in [0.25, 0.3) is 22.4 Å². The van der Waals surface area contributed by atoms with E-state index in [0.717, 1.165) is 0 Å². The predicted molar refractivity (Wildman–Crippen MR) is 119 cm³/mol. The molecule has 2 aliphatic heterocycles. The summed E-state index contributed by atoms with van der Waals surface area (Å²) in [5.41, 5.74) is 0.577. The zero-order chi connectivity index (χ0) is 24.4. The minimum absolute atomic E-state index is 0.0933. The Bertz CT molecular complexity index is 1430. The summed E-state index contributed by atoms with van der Waals surface area (Å²) in [5.74, 6) is -3.33. The lowest BCUT2D eigenvalue weighted by Crippen LogP contribution is -2.52. The first-order valence-corrected chi connectivity index (χ1v) is 12.3. The number of carbonyl (C=O) groups excluding carboxylic acids is 1. The van der Waals surface area contributed by atoms with E-state index in [1.54, 1.807) is 22.8 Å². The van der Waals surface area contributed by atoms with Crippen LogP contribution in [0.4, 0.5) is 4.39 Å². The van der Waals surface area contributed by atoms with Gasteiger partial charge in [-0.15, -0.1) is 0 Å². The number of carbonyl (C=O) groups is 1. The van der Waals surface area contributed by atoms with E-state index in [9.17, 15) is 23.4 Å². The number of benzene rings is 2. The number of imidazole rings is 1. The SMILES string of the molecule is COc1cc(-c2nc3ccc(C(=O)NC4CS(=O)(=O)C4)cc3n2C2(C)COC2)c(F)c(O)c1O. The molecule has 1 aromatic heterocycles. The number of rotatable bonds is 5. The number of phenolic OH excluding ortho intramolecular Hbond substituents is 2. The van der Waals surface area contributed by atoms with E-state index >= 15 is 4.39 Å². The van der Waals surface area contributed by atoms with Crippen molar-refractivity contribution in [1.29, 1.82) is 0 Å². The summed E-state index contributed by atoms with van der Waals surface area (Å²) in [6.07, 6.45) is 0. The molecule has 10 nitrogen and oxygen atoms in total. The monoisotopic (exact) mass is 491 g/mol. The number of ether oxygens (including phenoxy) is 2. The molecule has 2 aliphatic rings. The number of methoxy groups -OCH3 is 1. The van der Waals surface area contributed by atoms with Crippen LogP contribution in [-0.2, 0) is 20.1 Å². The molecule has 0 radical (unpaired) electrons. The van der Waals surface area contributed by atoms with Gasteiger partial charge in [-0.25, -0.2) is 17.8 Å². The fourth-order valence-electron chi connectivity index (χ4n) is 4.32. The first kappa shape index (κ1) is 22.4. The number of hydrogen-bond donors (Lipinski definition) is 3. The summed E-state index contributed by atoms with van der Waals surface area (Å²) >= 11 is 0. The maximum atomic E-state index is 15.1. The Balaban J connectivity index is 1.64. The van der Waals surface area contributed by atoms with E-state index in [1.165, 1.54) is 13.2 Å². The van der Waals surface area contributed by atoms with E-state index in [-0.39, 0.29) is 28.6 Å². The third-order valence-electron chi connectivity index (χ3n) is 6.17. The van der Waals surface area contributed by atoms with Crippen LogP contribution >= 0.6 is 0 Å². The number of hydrogen-bond acceptors (Lipinski definition) is 8. The van der Waals surface area contributed by atoms with Crippen LogP contribution in [0.15, 0.2) is 24.3 Å². The third-order valence-corrected chi connectivity index (χ3v) is 7.99. The Morgan fingerprint density at radius 2 is 1.97 bits per heavy atom. The number of nitrogens with zero attached hydrogens (tertiary/aromatic N) is 2. The van der Waals surface area contributed by atoms with Gasteiger partial charge in [-0.3, -0.25) is 4.79 Å². The molecule has 0 saturated carbocycles. The van der Waals surface area contributed by atoms with Gasteiger partial charge in [0.2, 0.25) is 5.75 Å². The molecule has 3 aromatic rings. The number of aromatic nitrogens is 2. The molecule has 2 fully saturated rings. The first-order chi connectivity index (χ1) is 16.0. The number of fused-ring (bicyclic) bond motifs is 1. The van der Waals surface area contributed by atoms with Gasteiger partial charge in [-0.1, -0.05) is 0 Å². The van der Waals surface area contributed by atoms with Crippen LogP contribution in [-0.4, -0.2) is 72.0 Å². The molecule has 2 saturated heterocycles. The molecule has 0 atom stereocenters. The van der Waals surface area contributed by atoms with Crippen LogP contribution in [0, 0.1) is 5.82 Å². The highest BCUT2D eigenvalue weighted by Gasteiger charge is 2.40. The molecule has 34 heavy (non-hydrogen) atoms. The van der Waals surface area contributed by atoms with Crippen LogP contribution in [0.2, 0.25) is 0 Å². The molecule has 0 bridgehead atoms. The van der Waals surface area contributed by atoms with Gasteiger partial charge in [0.25, 0.3) is 5.91 Å². The van der Waals surface area contributed by atoms with Crippen LogP contribution in [0.3, 0.4) is 0 Å². The highest BCUT2D eigenvalue weighted by Crippen LogP contribution is 2.44. The summed E-state index contributed by atoms with van der Waals surface area (Å²) in [7, 11) is -1.81. The van der Waals surface area contributed by atoms with E-state index < -0.39 is 44.6 Å². The number of aromatic hydroxyl groups is 2. The number of nitrogens with one attached hydrogen (secondary N) is 1. The molecule has 0 aliphatic carbocycles. The number of phenols is 2. The average Bonchev–Trinajstić information content (AvgIpc) is 3.13. The molecule has 3 N–H and O–H groups in total. The molecule has 0 unspecified atom stereocenters. The topological polar surface area (TPSA) is 140 Å². The van der Waals surface area contributed by atoms with E-state index in [2.05, 4.69) is 10.3 Å². The van der Waals surface area contributed by atoms with Crippen LogP contribution in [0.1, 0.15) is 17.3 Å². The van der Waals surface area contributed by atoms with Gasteiger partial charge >= 0.3 is 0 Å². The van der Waals surface area contributed by atoms with Gasteiger partial charge in [0, 0.05) is 5.56 Å². The van der Waals surface area contributed by atoms with Crippen LogP contribution < -0.4 is 10.1 Å². The van der Waals surface area contributed by atoms with Crippen molar-refractivity contribution < 1.29 is 37.3 Å². The number of amides is 1. The standard InChI is InChI=1S/C22H22FN3O7S/c1-22(9-33-10-22)26-15-5-11(21(29)24-12-7-34(30,31)8-12)3-4-14(15)25-20(26)13-6-16(32-2)18(27)19(28)17(13)23/h3-6,12,27-28H,7-10H2,1-2H3,(H,24,29). The lowest BCUT2D eigenvalue weighted by molar-refractivity contribution is -0.0868. The minimum Gasteiger partial charge on any atom is -0.502 e. The van der Waals surface area contributed by atoms with Crippen molar-refractivity contribution in [2.45, 2.75) is 18.5 Å². The fourth-order valence-corrected chi connectivity index (χ4v) is 5.61. The van der Waals surface area contributed by atoms with Gasteiger partial charge in [0.1, 0.15) is 5.82 Å². The largest absolute Gasteiger partial charge is 0.502 e. The lowest BCUT2D eigenvalue weighted by atomic mass is 9.98. The van der Waals surface area contributed by atoms with E-state index in [1.807, 2.05) is 6.92 Å². The molecular weight excluding hydrogens is 469 g/mol. The second-order valence-electron chi connectivity index (χ2n) is 8.85. The zero-order valence-electron chi connectivity index (χ0n) is 18.3. The van der Waals surface area contributed by atoms with Gasteiger partial charge in [-0.2, -0.15) is 0 Å². The Kier molecular flexibility index (Phi) is 4.99.